The molecule has 0 aliphatic carbocycles. The van der Waals surface area contributed by atoms with Gasteiger partial charge in [-0.3, -0.25) is 4.79 Å². The van der Waals surface area contributed by atoms with Crippen molar-refractivity contribution in [1.29, 1.82) is 0 Å². The molecule has 0 aromatic heterocycles. The zero-order valence-corrected chi connectivity index (χ0v) is 11.0. The molecule has 1 fully saturated rings. The number of hydrogen-bond acceptors (Lipinski definition) is 4. The van der Waals surface area contributed by atoms with E-state index in [0.29, 0.717) is 12.1 Å². The maximum absolute atomic E-state index is 13.2. The number of halogens is 3. The average molecular weight is 303 g/mol. The van der Waals surface area contributed by atoms with Gasteiger partial charge in [0.05, 0.1) is 13.2 Å². The topological polar surface area (TPSA) is 66.8 Å². The number of benzene rings is 1. The Bertz CT molecular complexity index is 570. The number of nitrogens with zero attached hydrogens (tertiary/aromatic N) is 1. The molecule has 0 radical (unpaired) electrons. The molecule has 1 aromatic carbocycles. The van der Waals surface area contributed by atoms with Gasteiger partial charge < -0.3 is 14.7 Å². The van der Waals surface area contributed by atoms with Gasteiger partial charge in [0.15, 0.2) is 17.5 Å². The minimum Gasteiger partial charge on any atom is -0.467 e. The first-order valence-corrected chi connectivity index (χ1v) is 6.06. The molecule has 2 rings (SSSR count). The summed E-state index contributed by atoms with van der Waals surface area (Å²) in [4.78, 5) is 24.7. The third kappa shape index (κ3) is 2.85. The molecule has 21 heavy (non-hydrogen) atoms. The van der Waals surface area contributed by atoms with Crippen LogP contribution in [0.5, 0.6) is 0 Å². The van der Waals surface area contributed by atoms with Crippen molar-refractivity contribution >= 4 is 11.9 Å². The lowest BCUT2D eigenvalue weighted by Gasteiger charge is -2.22. The average Bonchev–Trinajstić information content (AvgIpc) is 2.84. The van der Waals surface area contributed by atoms with Crippen LogP contribution in [0, 0.1) is 17.5 Å². The minimum absolute atomic E-state index is 0.0371. The molecule has 114 valence electrons. The van der Waals surface area contributed by atoms with Crippen LogP contribution in [0.1, 0.15) is 16.8 Å². The second-order valence-corrected chi connectivity index (χ2v) is 4.64. The van der Waals surface area contributed by atoms with Gasteiger partial charge in [0.1, 0.15) is 6.04 Å². The summed E-state index contributed by atoms with van der Waals surface area (Å²) in [6.45, 7) is -0.181. The Hall–Kier alpha value is -2.09. The Morgan fingerprint density at radius 3 is 2.38 bits per heavy atom. The van der Waals surface area contributed by atoms with Crippen LogP contribution in [0.15, 0.2) is 12.1 Å². The Balaban J connectivity index is 2.32. The fourth-order valence-electron chi connectivity index (χ4n) is 2.24. The lowest BCUT2D eigenvalue weighted by atomic mass is 10.1. The molecule has 1 aliphatic heterocycles. The molecule has 8 heteroatoms. The maximum atomic E-state index is 13.2. The van der Waals surface area contributed by atoms with E-state index >= 15 is 0 Å². The number of aliphatic hydroxyl groups is 1. The van der Waals surface area contributed by atoms with Crippen LogP contribution in [-0.4, -0.2) is 47.7 Å². The van der Waals surface area contributed by atoms with Gasteiger partial charge in [0.2, 0.25) is 0 Å². The van der Waals surface area contributed by atoms with E-state index in [1.807, 2.05) is 0 Å². The smallest absolute Gasteiger partial charge is 0.328 e. The Kier molecular flexibility index (Phi) is 4.17. The Labute approximate surface area is 117 Å². The molecule has 2 unspecified atom stereocenters. The summed E-state index contributed by atoms with van der Waals surface area (Å²) in [6.07, 6.45) is -0.988. The Morgan fingerprint density at radius 2 is 1.86 bits per heavy atom. The third-order valence-corrected chi connectivity index (χ3v) is 3.24. The second-order valence-electron chi connectivity index (χ2n) is 4.64. The van der Waals surface area contributed by atoms with Crippen molar-refractivity contribution in [2.75, 3.05) is 13.7 Å². The van der Waals surface area contributed by atoms with E-state index in [9.17, 15) is 27.9 Å². The van der Waals surface area contributed by atoms with Crippen molar-refractivity contribution in [3.05, 3.63) is 35.1 Å². The lowest BCUT2D eigenvalue weighted by Crippen LogP contribution is -2.41. The van der Waals surface area contributed by atoms with Crippen LogP contribution in [0.4, 0.5) is 13.2 Å². The van der Waals surface area contributed by atoms with Crippen LogP contribution in [0.25, 0.3) is 0 Å². The number of β-amino-alcohol motifs (C(OH)–C–C–N with tert-alkyl or cyclic N) is 1. The van der Waals surface area contributed by atoms with E-state index in [1.165, 1.54) is 0 Å². The van der Waals surface area contributed by atoms with Gasteiger partial charge in [-0.05, 0) is 12.1 Å². The molecule has 1 amide bonds. The van der Waals surface area contributed by atoms with Crippen molar-refractivity contribution in [2.24, 2.45) is 0 Å². The fraction of sp³-hybridized carbons (Fsp3) is 0.385. The minimum atomic E-state index is -1.68. The van der Waals surface area contributed by atoms with Crippen molar-refractivity contribution in [2.45, 2.75) is 18.6 Å². The van der Waals surface area contributed by atoms with Crippen molar-refractivity contribution in [3.8, 4) is 0 Å². The fourth-order valence-corrected chi connectivity index (χ4v) is 2.24. The standard InChI is InChI=1S/C13H12F3NO4/c1-21-13(20)10-4-7(18)5-17(10)12(19)6-2-8(14)11(16)9(15)3-6/h2-3,7,10,18H,4-5H2,1H3. The van der Waals surface area contributed by atoms with Crippen LogP contribution in [0.3, 0.4) is 0 Å². The van der Waals surface area contributed by atoms with Gasteiger partial charge in [0, 0.05) is 18.5 Å². The molecule has 2 atom stereocenters. The van der Waals surface area contributed by atoms with Crippen molar-refractivity contribution < 1.29 is 32.6 Å². The van der Waals surface area contributed by atoms with Crippen LogP contribution in [-0.2, 0) is 9.53 Å². The van der Waals surface area contributed by atoms with E-state index in [1.54, 1.807) is 0 Å². The predicted octanol–water partition coefficient (Wildman–Crippen LogP) is 0.852. The highest BCUT2D eigenvalue weighted by Crippen LogP contribution is 2.23. The molecule has 1 saturated heterocycles. The monoisotopic (exact) mass is 303 g/mol. The van der Waals surface area contributed by atoms with Gasteiger partial charge in [-0.1, -0.05) is 0 Å². The van der Waals surface area contributed by atoms with E-state index in [0.717, 1.165) is 12.0 Å². The number of rotatable bonds is 2. The van der Waals surface area contributed by atoms with Crippen molar-refractivity contribution in [3.63, 3.8) is 0 Å². The third-order valence-electron chi connectivity index (χ3n) is 3.24. The maximum Gasteiger partial charge on any atom is 0.328 e. The van der Waals surface area contributed by atoms with Gasteiger partial charge in [-0.15, -0.1) is 0 Å². The normalized spacial score (nSPS) is 21.5. The summed E-state index contributed by atoms with van der Waals surface area (Å²) in [5.74, 6) is -6.33. The van der Waals surface area contributed by atoms with Gasteiger partial charge in [-0.25, -0.2) is 18.0 Å². The summed E-state index contributed by atoms with van der Waals surface area (Å²) >= 11 is 0. The van der Waals surface area contributed by atoms with E-state index in [4.69, 9.17) is 0 Å². The van der Waals surface area contributed by atoms with Crippen LogP contribution < -0.4 is 0 Å². The molecule has 0 spiro atoms. The highest BCUT2D eigenvalue weighted by molar-refractivity contribution is 5.97. The number of hydrogen-bond donors (Lipinski definition) is 1. The molecule has 0 saturated carbocycles. The molecule has 0 bridgehead atoms. The van der Waals surface area contributed by atoms with Crippen LogP contribution in [0.2, 0.25) is 0 Å². The van der Waals surface area contributed by atoms with Crippen LogP contribution >= 0.6 is 0 Å². The number of esters is 1. The number of methoxy groups -OCH3 is 1. The van der Waals surface area contributed by atoms with Gasteiger partial charge in [-0.2, -0.15) is 0 Å². The number of carbonyl (C=O) groups excluding carboxylic acids is 2. The first kappa shape index (κ1) is 15.3. The number of carbonyl (C=O) groups is 2. The second kappa shape index (κ2) is 5.72. The number of aliphatic hydroxyl groups excluding tert-OH is 1. The molecule has 1 aliphatic rings. The van der Waals surface area contributed by atoms with Gasteiger partial charge in [0.25, 0.3) is 5.91 Å². The molecule has 1 heterocycles. The first-order chi connectivity index (χ1) is 9.85. The van der Waals surface area contributed by atoms with E-state index in [2.05, 4.69) is 4.74 Å². The SMILES string of the molecule is COC(=O)C1CC(O)CN1C(=O)c1cc(F)c(F)c(F)c1. The predicted molar refractivity (Wildman–Crippen MR) is 63.8 cm³/mol. The molecular formula is C13H12F3NO4. The van der Waals surface area contributed by atoms with Gasteiger partial charge >= 0.3 is 5.97 Å². The van der Waals surface area contributed by atoms with E-state index in [-0.39, 0.29) is 13.0 Å². The summed E-state index contributed by atoms with van der Waals surface area (Å²) in [5, 5.41) is 9.55. The quantitative estimate of drug-likeness (QED) is 0.650. The molecule has 5 nitrogen and oxygen atoms in total. The zero-order chi connectivity index (χ0) is 15.7. The highest BCUT2D eigenvalue weighted by Gasteiger charge is 2.40. The molecule has 1 N–H and O–H groups in total. The summed E-state index contributed by atoms with van der Waals surface area (Å²) in [7, 11) is 1.12. The highest BCUT2D eigenvalue weighted by atomic mass is 19.2. The summed E-state index contributed by atoms with van der Waals surface area (Å²) < 4.78 is 43.7. The Morgan fingerprint density at radius 1 is 1.29 bits per heavy atom. The lowest BCUT2D eigenvalue weighted by molar-refractivity contribution is -0.145. The number of likely N-dealkylation sites (tertiary alicyclic amines) is 1. The number of amides is 1. The molecule has 1 aromatic rings. The first-order valence-electron chi connectivity index (χ1n) is 6.06. The van der Waals surface area contributed by atoms with Crippen molar-refractivity contribution in [1.82, 2.24) is 4.90 Å². The van der Waals surface area contributed by atoms with E-state index < -0.39 is 47.0 Å². The summed E-state index contributed by atoms with van der Waals surface area (Å²) in [5.41, 5.74) is -0.450. The zero-order valence-electron chi connectivity index (χ0n) is 11.0. The summed E-state index contributed by atoms with van der Waals surface area (Å²) in [6, 6.07) is 0.0354. The molecular weight excluding hydrogens is 291 g/mol. The largest absolute Gasteiger partial charge is 0.467 e. The number of ether oxygens (including phenoxy) is 1.